The molecule has 1 aromatic carbocycles. The van der Waals surface area contributed by atoms with Crippen LogP contribution in [-0.4, -0.2) is 13.2 Å². The summed E-state index contributed by atoms with van der Waals surface area (Å²) in [6.07, 6.45) is 3.51. The summed E-state index contributed by atoms with van der Waals surface area (Å²) in [4.78, 5) is 0. The van der Waals surface area contributed by atoms with Gasteiger partial charge in [-0.25, -0.2) is 0 Å². The Morgan fingerprint density at radius 3 is 3.15 bits per heavy atom. The van der Waals surface area contributed by atoms with Gasteiger partial charge in [-0.05, 0) is 36.1 Å². The van der Waals surface area contributed by atoms with Gasteiger partial charge < -0.3 is 10.1 Å². The van der Waals surface area contributed by atoms with Gasteiger partial charge in [0.15, 0.2) is 0 Å². The molecule has 0 unspecified atom stereocenters. The highest BCUT2D eigenvalue weighted by molar-refractivity contribution is 5.59. The number of anilines is 1. The predicted octanol–water partition coefficient (Wildman–Crippen LogP) is 1.98. The molecule has 68 valence electrons. The molecule has 0 fully saturated rings. The lowest BCUT2D eigenvalue weighted by molar-refractivity contribution is 0.356. The Labute approximate surface area is 77.9 Å². The Kier molecular flexibility index (Phi) is 1.48. The Bertz CT molecular complexity index is 313. The lowest BCUT2D eigenvalue weighted by Crippen LogP contribution is -2.11. The second kappa shape index (κ2) is 2.66. The van der Waals surface area contributed by atoms with Crippen molar-refractivity contribution in [3.63, 3.8) is 0 Å². The number of hydrogen-bond acceptors (Lipinski definition) is 2. The molecule has 0 saturated carbocycles. The van der Waals surface area contributed by atoms with E-state index in [-0.39, 0.29) is 0 Å². The van der Waals surface area contributed by atoms with E-state index in [1.165, 1.54) is 29.7 Å². The summed E-state index contributed by atoms with van der Waals surface area (Å²) in [7, 11) is 0. The molecule has 3 rings (SSSR count). The van der Waals surface area contributed by atoms with Gasteiger partial charge in [-0.15, -0.1) is 0 Å². The predicted molar refractivity (Wildman–Crippen MR) is 52.5 cm³/mol. The summed E-state index contributed by atoms with van der Waals surface area (Å²) in [6.45, 7) is 1.98. The first-order valence-corrected chi connectivity index (χ1v) is 4.96. The molecule has 0 atom stereocenters. The minimum Gasteiger partial charge on any atom is -0.493 e. The second-order valence-corrected chi connectivity index (χ2v) is 3.75. The Morgan fingerprint density at radius 1 is 1.15 bits per heavy atom. The molecular weight excluding hydrogens is 162 g/mol. The van der Waals surface area contributed by atoms with Crippen LogP contribution in [0.5, 0.6) is 5.75 Å². The minimum absolute atomic E-state index is 0.859. The fraction of sp³-hybridized carbons (Fsp3) is 0.455. The topological polar surface area (TPSA) is 21.3 Å². The third-order valence-corrected chi connectivity index (χ3v) is 2.85. The van der Waals surface area contributed by atoms with Gasteiger partial charge in [0.1, 0.15) is 5.75 Å². The number of hydrogen-bond donors (Lipinski definition) is 1. The lowest BCUT2D eigenvalue weighted by atomic mass is 10.0. The molecule has 1 aromatic rings. The van der Waals surface area contributed by atoms with Crippen LogP contribution in [0.15, 0.2) is 12.1 Å². The maximum Gasteiger partial charge on any atom is 0.123 e. The fourth-order valence-electron chi connectivity index (χ4n) is 2.14. The summed E-state index contributed by atoms with van der Waals surface area (Å²) < 4.78 is 5.54. The van der Waals surface area contributed by atoms with Crippen molar-refractivity contribution >= 4 is 5.69 Å². The van der Waals surface area contributed by atoms with E-state index >= 15 is 0 Å². The minimum atomic E-state index is 0.859. The van der Waals surface area contributed by atoms with Crippen LogP contribution in [0.2, 0.25) is 0 Å². The highest BCUT2D eigenvalue weighted by atomic mass is 16.5. The average Bonchev–Trinajstić information content (AvgIpc) is 2.61. The Morgan fingerprint density at radius 2 is 2.15 bits per heavy atom. The van der Waals surface area contributed by atoms with Crippen molar-refractivity contribution in [2.45, 2.75) is 19.3 Å². The molecule has 0 aliphatic carbocycles. The molecule has 0 saturated heterocycles. The number of nitrogens with one attached hydrogen (secondary N) is 1. The summed E-state index contributed by atoms with van der Waals surface area (Å²) in [5.41, 5.74) is 4.12. The first kappa shape index (κ1) is 7.25. The van der Waals surface area contributed by atoms with Gasteiger partial charge in [0.25, 0.3) is 0 Å². The second-order valence-electron chi connectivity index (χ2n) is 3.75. The molecule has 1 N–H and O–H groups in total. The van der Waals surface area contributed by atoms with Crippen molar-refractivity contribution in [1.29, 1.82) is 0 Å². The Balaban J connectivity index is 2.11. The van der Waals surface area contributed by atoms with E-state index < -0.39 is 0 Å². The maximum atomic E-state index is 5.54. The highest BCUT2D eigenvalue weighted by Gasteiger charge is 2.17. The molecule has 0 amide bonds. The van der Waals surface area contributed by atoms with E-state index in [1.54, 1.807) is 0 Å². The highest BCUT2D eigenvalue weighted by Crippen LogP contribution is 2.33. The molecule has 2 heterocycles. The lowest BCUT2D eigenvalue weighted by Gasteiger charge is -2.18. The van der Waals surface area contributed by atoms with Crippen LogP contribution >= 0.6 is 0 Å². The summed E-state index contributed by atoms with van der Waals surface area (Å²) in [5, 5.41) is 3.44. The zero-order valence-electron chi connectivity index (χ0n) is 7.60. The largest absolute Gasteiger partial charge is 0.493 e. The van der Waals surface area contributed by atoms with Gasteiger partial charge in [0, 0.05) is 18.7 Å². The van der Waals surface area contributed by atoms with E-state index in [4.69, 9.17) is 4.74 Å². The van der Waals surface area contributed by atoms with Gasteiger partial charge in [-0.2, -0.15) is 0 Å². The molecule has 2 aliphatic heterocycles. The molecule has 0 radical (unpaired) electrons. The van der Waals surface area contributed by atoms with E-state index in [0.717, 1.165) is 25.3 Å². The average molecular weight is 175 g/mol. The first-order valence-electron chi connectivity index (χ1n) is 4.96. The number of rotatable bonds is 0. The molecular formula is C11H13NO. The standard InChI is InChI=1S/C11H13NO/c1-2-8-7-11-9(3-5-13-11)6-10(8)12-4-1/h6-7,12H,1-5H2. The van der Waals surface area contributed by atoms with Crippen LogP contribution in [0.25, 0.3) is 0 Å². The number of fused-ring (bicyclic) bond motifs is 2. The van der Waals surface area contributed by atoms with E-state index in [2.05, 4.69) is 17.4 Å². The monoisotopic (exact) mass is 175 g/mol. The third kappa shape index (κ3) is 1.09. The summed E-state index contributed by atoms with van der Waals surface area (Å²) >= 11 is 0. The van der Waals surface area contributed by atoms with Crippen LogP contribution in [0.3, 0.4) is 0 Å². The molecule has 13 heavy (non-hydrogen) atoms. The molecule has 0 aromatic heterocycles. The molecule has 0 spiro atoms. The summed E-state index contributed by atoms with van der Waals surface area (Å²) in [6, 6.07) is 4.47. The number of ether oxygens (including phenoxy) is 1. The number of benzene rings is 1. The zero-order valence-corrected chi connectivity index (χ0v) is 7.60. The van der Waals surface area contributed by atoms with Crippen LogP contribution < -0.4 is 10.1 Å². The molecule has 0 bridgehead atoms. The smallest absolute Gasteiger partial charge is 0.123 e. The van der Waals surface area contributed by atoms with Crippen molar-refractivity contribution in [3.8, 4) is 5.75 Å². The van der Waals surface area contributed by atoms with Crippen LogP contribution in [0.4, 0.5) is 5.69 Å². The van der Waals surface area contributed by atoms with Gasteiger partial charge in [-0.1, -0.05) is 0 Å². The quantitative estimate of drug-likeness (QED) is 0.651. The van der Waals surface area contributed by atoms with Crippen molar-refractivity contribution in [1.82, 2.24) is 0 Å². The fourth-order valence-corrected chi connectivity index (χ4v) is 2.14. The Hall–Kier alpha value is -1.18. The first-order chi connectivity index (χ1) is 6.43. The van der Waals surface area contributed by atoms with Gasteiger partial charge in [0.2, 0.25) is 0 Å². The number of aryl methyl sites for hydroxylation is 1. The summed E-state index contributed by atoms with van der Waals surface area (Å²) in [5.74, 6) is 1.11. The van der Waals surface area contributed by atoms with Crippen LogP contribution in [0.1, 0.15) is 17.5 Å². The van der Waals surface area contributed by atoms with Gasteiger partial charge in [0.05, 0.1) is 6.61 Å². The van der Waals surface area contributed by atoms with Gasteiger partial charge in [-0.3, -0.25) is 0 Å². The van der Waals surface area contributed by atoms with E-state index in [9.17, 15) is 0 Å². The third-order valence-electron chi connectivity index (χ3n) is 2.85. The molecule has 2 heteroatoms. The zero-order chi connectivity index (χ0) is 8.67. The normalized spacial score (nSPS) is 18.5. The maximum absolute atomic E-state index is 5.54. The van der Waals surface area contributed by atoms with Crippen LogP contribution in [-0.2, 0) is 12.8 Å². The van der Waals surface area contributed by atoms with Crippen molar-refractivity contribution in [2.75, 3.05) is 18.5 Å². The molecule has 2 nitrogen and oxygen atoms in total. The van der Waals surface area contributed by atoms with Crippen molar-refractivity contribution < 1.29 is 4.74 Å². The van der Waals surface area contributed by atoms with E-state index in [0.29, 0.717) is 0 Å². The van der Waals surface area contributed by atoms with Crippen molar-refractivity contribution in [3.05, 3.63) is 23.3 Å². The van der Waals surface area contributed by atoms with Crippen molar-refractivity contribution in [2.24, 2.45) is 0 Å². The van der Waals surface area contributed by atoms with E-state index in [1.807, 2.05) is 0 Å². The van der Waals surface area contributed by atoms with Gasteiger partial charge >= 0.3 is 0 Å². The SMILES string of the molecule is c1c2c(cc3c1NCCC3)OCC2. The van der Waals surface area contributed by atoms with Crippen LogP contribution in [0, 0.1) is 0 Å². The molecule has 2 aliphatic rings.